The van der Waals surface area contributed by atoms with E-state index in [1.54, 1.807) is 0 Å². The zero-order valence-electron chi connectivity index (χ0n) is 10.5. The Morgan fingerprint density at radius 2 is 2.24 bits per heavy atom. The van der Waals surface area contributed by atoms with Gasteiger partial charge in [0.15, 0.2) is 0 Å². The summed E-state index contributed by atoms with van der Waals surface area (Å²) in [4.78, 5) is 2.59. The van der Waals surface area contributed by atoms with Crippen molar-refractivity contribution < 1.29 is 5.11 Å². The summed E-state index contributed by atoms with van der Waals surface area (Å²) in [5.41, 5.74) is 4.27. The van der Waals surface area contributed by atoms with Crippen LogP contribution in [0.25, 0.3) is 0 Å². The number of nitrogens with zero attached hydrogens (tertiary/aromatic N) is 1. The van der Waals surface area contributed by atoms with Gasteiger partial charge < -0.3 is 10.0 Å². The van der Waals surface area contributed by atoms with Crippen molar-refractivity contribution >= 4 is 5.69 Å². The van der Waals surface area contributed by atoms with Crippen molar-refractivity contribution in [2.45, 2.75) is 51.2 Å². The molecule has 2 heteroatoms. The highest BCUT2D eigenvalue weighted by Gasteiger charge is 2.30. The van der Waals surface area contributed by atoms with E-state index in [-0.39, 0.29) is 6.10 Å². The van der Waals surface area contributed by atoms with E-state index >= 15 is 0 Å². The molecule has 2 aliphatic rings. The lowest BCUT2D eigenvalue weighted by Crippen LogP contribution is -2.38. The SMILES string of the molecule is CC(O)Cc1cccc2c1CCN2C1CCC1. The summed E-state index contributed by atoms with van der Waals surface area (Å²) in [6.07, 6.45) is 5.83. The quantitative estimate of drug-likeness (QED) is 0.864. The van der Waals surface area contributed by atoms with Gasteiger partial charge in [0.1, 0.15) is 0 Å². The number of benzene rings is 1. The predicted octanol–water partition coefficient (Wildman–Crippen LogP) is 2.52. The van der Waals surface area contributed by atoms with Crippen LogP contribution in [0.3, 0.4) is 0 Å². The van der Waals surface area contributed by atoms with Gasteiger partial charge >= 0.3 is 0 Å². The van der Waals surface area contributed by atoms with Gasteiger partial charge in [-0.05, 0) is 56.2 Å². The van der Waals surface area contributed by atoms with Crippen molar-refractivity contribution in [3.8, 4) is 0 Å². The lowest BCUT2D eigenvalue weighted by molar-refractivity contribution is 0.195. The van der Waals surface area contributed by atoms with Gasteiger partial charge in [-0.1, -0.05) is 12.1 Å². The van der Waals surface area contributed by atoms with E-state index in [4.69, 9.17) is 0 Å². The number of fused-ring (bicyclic) bond motifs is 1. The average Bonchev–Trinajstić information content (AvgIpc) is 2.60. The largest absolute Gasteiger partial charge is 0.393 e. The molecular formula is C15H21NO. The maximum absolute atomic E-state index is 9.56. The molecule has 0 amide bonds. The lowest BCUT2D eigenvalue weighted by Gasteiger charge is -2.36. The van der Waals surface area contributed by atoms with E-state index in [1.807, 2.05) is 6.92 Å². The number of rotatable bonds is 3. The summed E-state index contributed by atoms with van der Waals surface area (Å²) in [5.74, 6) is 0. The standard InChI is InChI=1S/C15H21NO/c1-11(17)10-12-4-2-7-15-14(12)8-9-16(15)13-5-3-6-13/h2,4,7,11,13,17H,3,5-6,8-10H2,1H3. The number of aliphatic hydroxyl groups is 1. The zero-order chi connectivity index (χ0) is 11.8. The molecule has 1 heterocycles. The van der Waals surface area contributed by atoms with E-state index in [1.165, 1.54) is 42.6 Å². The van der Waals surface area contributed by atoms with Crippen LogP contribution in [0.1, 0.15) is 37.3 Å². The third-order valence-corrected chi connectivity index (χ3v) is 4.19. The first-order chi connectivity index (χ1) is 8.25. The second kappa shape index (κ2) is 4.34. The predicted molar refractivity (Wildman–Crippen MR) is 70.5 cm³/mol. The number of hydrogen-bond acceptors (Lipinski definition) is 2. The van der Waals surface area contributed by atoms with Crippen LogP contribution in [0.5, 0.6) is 0 Å². The van der Waals surface area contributed by atoms with Crippen molar-refractivity contribution in [3.05, 3.63) is 29.3 Å². The molecule has 0 bridgehead atoms. The van der Waals surface area contributed by atoms with Gasteiger partial charge in [-0.15, -0.1) is 0 Å². The average molecular weight is 231 g/mol. The Morgan fingerprint density at radius 1 is 1.41 bits per heavy atom. The molecule has 0 spiro atoms. The first-order valence-corrected chi connectivity index (χ1v) is 6.81. The van der Waals surface area contributed by atoms with Crippen LogP contribution in [-0.4, -0.2) is 23.8 Å². The molecule has 17 heavy (non-hydrogen) atoms. The van der Waals surface area contributed by atoms with Crippen LogP contribution in [-0.2, 0) is 12.8 Å². The molecule has 1 aromatic rings. The molecule has 0 saturated heterocycles. The first-order valence-electron chi connectivity index (χ1n) is 6.81. The normalized spacial score (nSPS) is 21.2. The van der Waals surface area contributed by atoms with Crippen LogP contribution in [0, 0.1) is 0 Å². The molecule has 1 N–H and O–H groups in total. The number of aliphatic hydroxyl groups excluding tert-OH is 1. The molecule has 2 nitrogen and oxygen atoms in total. The highest BCUT2D eigenvalue weighted by atomic mass is 16.3. The maximum atomic E-state index is 9.56. The summed E-state index contributed by atoms with van der Waals surface area (Å²) < 4.78 is 0. The minimum absolute atomic E-state index is 0.237. The third-order valence-electron chi connectivity index (χ3n) is 4.19. The molecule has 1 unspecified atom stereocenters. The highest BCUT2D eigenvalue weighted by Crippen LogP contribution is 2.37. The number of anilines is 1. The van der Waals surface area contributed by atoms with Crippen LogP contribution in [0.15, 0.2) is 18.2 Å². The molecule has 0 aromatic heterocycles. The summed E-state index contributed by atoms with van der Waals surface area (Å²) >= 11 is 0. The van der Waals surface area contributed by atoms with Crippen molar-refractivity contribution in [2.75, 3.05) is 11.4 Å². The van der Waals surface area contributed by atoms with E-state index in [0.29, 0.717) is 0 Å². The fourth-order valence-electron chi connectivity index (χ4n) is 3.12. The molecular weight excluding hydrogens is 210 g/mol. The van der Waals surface area contributed by atoms with Crippen LogP contribution in [0.4, 0.5) is 5.69 Å². The second-order valence-electron chi connectivity index (χ2n) is 5.50. The Bertz CT molecular complexity index is 409. The van der Waals surface area contributed by atoms with Crippen molar-refractivity contribution in [3.63, 3.8) is 0 Å². The Morgan fingerprint density at radius 3 is 2.88 bits per heavy atom. The van der Waals surface area contributed by atoms with Gasteiger partial charge in [0, 0.05) is 18.3 Å². The smallest absolute Gasteiger partial charge is 0.0552 e. The van der Waals surface area contributed by atoms with E-state index in [9.17, 15) is 5.11 Å². The molecule has 1 atom stereocenters. The van der Waals surface area contributed by atoms with Crippen LogP contribution >= 0.6 is 0 Å². The molecule has 1 saturated carbocycles. The van der Waals surface area contributed by atoms with Crippen LogP contribution in [0.2, 0.25) is 0 Å². The zero-order valence-corrected chi connectivity index (χ0v) is 10.5. The fraction of sp³-hybridized carbons (Fsp3) is 0.600. The fourth-order valence-corrected chi connectivity index (χ4v) is 3.12. The van der Waals surface area contributed by atoms with E-state index < -0.39 is 0 Å². The monoisotopic (exact) mass is 231 g/mol. The van der Waals surface area contributed by atoms with E-state index in [0.717, 1.165) is 18.9 Å². The molecule has 1 aromatic carbocycles. The van der Waals surface area contributed by atoms with Crippen molar-refractivity contribution in [1.29, 1.82) is 0 Å². The summed E-state index contributed by atoms with van der Waals surface area (Å²) in [7, 11) is 0. The second-order valence-corrected chi connectivity index (χ2v) is 5.50. The van der Waals surface area contributed by atoms with Crippen molar-refractivity contribution in [2.24, 2.45) is 0 Å². The topological polar surface area (TPSA) is 23.5 Å². The molecule has 0 radical (unpaired) electrons. The summed E-state index contributed by atoms with van der Waals surface area (Å²) in [5, 5.41) is 9.56. The Balaban J connectivity index is 1.88. The Hall–Kier alpha value is -1.02. The van der Waals surface area contributed by atoms with Gasteiger partial charge in [-0.25, -0.2) is 0 Å². The lowest BCUT2D eigenvalue weighted by atomic mass is 9.91. The van der Waals surface area contributed by atoms with Crippen LogP contribution < -0.4 is 4.90 Å². The molecule has 92 valence electrons. The molecule has 1 aliphatic heterocycles. The van der Waals surface area contributed by atoms with Gasteiger partial charge in [0.05, 0.1) is 6.10 Å². The van der Waals surface area contributed by atoms with E-state index in [2.05, 4.69) is 23.1 Å². The maximum Gasteiger partial charge on any atom is 0.0552 e. The van der Waals surface area contributed by atoms with Gasteiger partial charge in [0.25, 0.3) is 0 Å². The highest BCUT2D eigenvalue weighted by molar-refractivity contribution is 5.62. The van der Waals surface area contributed by atoms with Gasteiger partial charge in [-0.2, -0.15) is 0 Å². The minimum atomic E-state index is -0.237. The first kappa shape index (κ1) is 11.1. The molecule has 1 aliphatic carbocycles. The third kappa shape index (κ3) is 1.95. The summed E-state index contributed by atoms with van der Waals surface area (Å²) in [6.45, 7) is 3.05. The van der Waals surface area contributed by atoms with Gasteiger partial charge in [-0.3, -0.25) is 0 Å². The minimum Gasteiger partial charge on any atom is -0.393 e. The van der Waals surface area contributed by atoms with Crippen molar-refractivity contribution in [1.82, 2.24) is 0 Å². The molecule has 3 rings (SSSR count). The Kier molecular flexibility index (Phi) is 2.83. The Labute approximate surface area is 103 Å². The summed E-state index contributed by atoms with van der Waals surface area (Å²) in [6, 6.07) is 7.37. The van der Waals surface area contributed by atoms with Gasteiger partial charge in [0.2, 0.25) is 0 Å². The molecule has 1 fully saturated rings. The number of hydrogen-bond donors (Lipinski definition) is 1.